The first-order valence-electron chi connectivity index (χ1n) is 5.73. The van der Waals surface area contributed by atoms with E-state index in [1.165, 1.54) is 0 Å². The fourth-order valence-electron chi connectivity index (χ4n) is 2.20. The highest BCUT2D eigenvalue weighted by Gasteiger charge is 2.39. The molecule has 1 saturated heterocycles. The van der Waals surface area contributed by atoms with Crippen molar-refractivity contribution in [3.8, 4) is 0 Å². The number of nitrogens with one attached hydrogen (secondary N) is 1. The van der Waals surface area contributed by atoms with Crippen LogP contribution in [0.3, 0.4) is 0 Å². The van der Waals surface area contributed by atoms with Gasteiger partial charge in [-0.3, -0.25) is 13.8 Å². The van der Waals surface area contributed by atoms with Crippen molar-refractivity contribution in [3.05, 3.63) is 0 Å². The number of carbonyl (C=O) groups is 2. The third kappa shape index (κ3) is 3.28. The largest absolute Gasteiger partial charge is 0.345 e. The van der Waals surface area contributed by atoms with Crippen molar-refractivity contribution in [2.75, 3.05) is 18.6 Å². The van der Waals surface area contributed by atoms with Gasteiger partial charge in [0.25, 0.3) is 0 Å². The van der Waals surface area contributed by atoms with Gasteiger partial charge in [-0.15, -0.1) is 0 Å². The van der Waals surface area contributed by atoms with Crippen molar-refractivity contribution in [1.29, 1.82) is 0 Å². The van der Waals surface area contributed by atoms with Crippen LogP contribution >= 0.6 is 0 Å². The van der Waals surface area contributed by atoms with Crippen LogP contribution in [-0.4, -0.2) is 51.6 Å². The van der Waals surface area contributed by atoms with Crippen LogP contribution in [-0.2, 0) is 20.4 Å². The number of nitrogens with zero attached hydrogens (tertiary/aromatic N) is 1. The van der Waals surface area contributed by atoms with Gasteiger partial charge in [-0.1, -0.05) is 13.8 Å². The Balaban J connectivity index is 2.92. The van der Waals surface area contributed by atoms with E-state index in [1.54, 1.807) is 11.2 Å². The average Bonchev–Trinajstić information content (AvgIpc) is 2.19. The van der Waals surface area contributed by atoms with E-state index >= 15 is 0 Å². The summed E-state index contributed by atoms with van der Waals surface area (Å²) in [6, 6.07) is -0.624. The maximum absolute atomic E-state index is 11.9. The summed E-state index contributed by atoms with van der Waals surface area (Å²) in [5.74, 6) is 0.240. The van der Waals surface area contributed by atoms with Crippen LogP contribution in [0.25, 0.3) is 0 Å². The molecule has 0 aromatic rings. The molecule has 0 aliphatic carbocycles. The molecule has 0 aromatic carbocycles. The first-order chi connectivity index (χ1) is 7.84. The fourth-order valence-corrected chi connectivity index (χ4v) is 3.04. The van der Waals surface area contributed by atoms with Gasteiger partial charge < -0.3 is 10.2 Å². The molecule has 17 heavy (non-hydrogen) atoms. The normalized spacial score (nSPS) is 24.8. The standard InChI is InChI=1S/C11H20N2O3S/c1-7(2)10-11(15)12-5-9(14)13(10)8(3)6-17(4)16/h7-8,10H,5-6H2,1-4H3,(H,12,15). The summed E-state index contributed by atoms with van der Waals surface area (Å²) >= 11 is 0. The molecule has 0 saturated carbocycles. The summed E-state index contributed by atoms with van der Waals surface area (Å²) in [4.78, 5) is 25.3. The molecule has 1 aliphatic rings. The second-order valence-electron chi connectivity index (χ2n) is 4.80. The summed E-state index contributed by atoms with van der Waals surface area (Å²) in [6.45, 7) is 5.70. The van der Waals surface area contributed by atoms with E-state index in [9.17, 15) is 13.8 Å². The monoisotopic (exact) mass is 260 g/mol. The third-order valence-corrected chi connectivity index (χ3v) is 3.80. The Morgan fingerprint density at radius 3 is 2.47 bits per heavy atom. The predicted octanol–water partition coefficient (Wildman–Crippen LogP) is -0.264. The van der Waals surface area contributed by atoms with Crippen LogP contribution in [0.1, 0.15) is 20.8 Å². The van der Waals surface area contributed by atoms with Gasteiger partial charge in [-0.05, 0) is 12.8 Å². The van der Waals surface area contributed by atoms with Crippen molar-refractivity contribution in [2.24, 2.45) is 5.92 Å². The molecule has 2 amide bonds. The van der Waals surface area contributed by atoms with Gasteiger partial charge in [0.05, 0.1) is 6.54 Å². The molecular formula is C11H20N2O3S. The minimum absolute atomic E-state index is 0.0444. The molecule has 0 spiro atoms. The van der Waals surface area contributed by atoms with Crippen LogP contribution in [0.5, 0.6) is 0 Å². The summed E-state index contributed by atoms with van der Waals surface area (Å²) in [5.41, 5.74) is 0. The molecule has 1 N–H and O–H groups in total. The molecule has 1 aliphatic heterocycles. The van der Waals surface area contributed by atoms with E-state index in [0.29, 0.717) is 5.75 Å². The number of rotatable bonds is 4. The van der Waals surface area contributed by atoms with Crippen molar-refractivity contribution < 1.29 is 13.8 Å². The highest BCUT2D eigenvalue weighted by Crippen LogP contribution is 2.18. The number of hydrogen-bond acceptors (Lipinski definition) is 3. The van der Waals surface area contributed by atoms with Gasteiger partial charge in [0.2, 0.25) is 11.8 Å². The van der Waals surface area contributed by atoms with Crippen LogP contribution in [0, 0.1) is 5.92 Å². The lowest BCUT2D eigenvalue weighted by Gasteiger charge is -2.40. The van der Waals surface area contributed by atoms with Crippen LogP contribution in [0.2, 0.25) is 0 Å². The second-order valence-corrected chi connectivity index (χ2v) is 6.28. The fraction of sp³-hybridized carbons (Fsp3) is 0.818. The van der Waals surface area contributed by atoms with Gasteiger partial charge in [0, 0.05) is 28.9 Å². The van der Waals surface area contributed by atoms with Gasteiger partial charge in [0.15, 0.2) is 0 Å². The lowest BCUT2D eigenvalue weighted by molar-refractivity contribution is -0.149. The molecule has 5 nitrogen and oxygen atoms in total. The summed E-state index contributed by atoms with van der Waals surface area (Å²) in [7, 11) is -0.977. The minimum Gasteiger partial charge on any atom is -0.345 e. The molecule has 3 atom stereocenters. The number of carbonyl (C=O) groups excluding carboxylic acids is 2. The smallest absolute Gasteiger partial charge is 0.243 e. The van der Waals surface area contributed by atoms with E-state index in [4.69, 9.17) is 0 Å². The Morgan fingerprint density at radius 1 is 1.41 bits per heavy atom. The van der Waals surface area contributed by atoms with E-state index in [1.807, 2.05) is 20.8 Å². The van der Waals surface area contributed by atoms with Crippen LogP contribution in [0.4, 0.5) is 0 Å². The maximum atomic E-state index is 11.9. The molecule has 1 rings (SSSR count). The van der Waals surface area contributed by atoms with Gasteiger partial charge >= 0.3 is 0 Å². The quantitative estimate of drug-likeness (QED) is 0.757. The molecule has 0 bridgehead atoms. The molecular weight excluding hydrogens is 240 g/mol. The highest BCUT2D eigenvalue weighted by atomic mass is 32.2. The second kappa shape index (κ2) is 5.62. The topological polar surface area (TPSA) is 66.5 Å². The van der Waals surface area contributed by atoms with Gasteiger partial charge in [0.1, 0.15) is 6.04 Å². The minimum atomic E-state index is -0.977. The Bertz CT molecular complexity index is 344. The number of amides is 2. The molecule has 6 heteroatoms. The number of hydrogen-bond donors (Lipinski definition) is 1. The van der Waals surface area contributed by atoms with Gasteiger partial charge in [-0.2, -0.15) is 0 Å². The zero-order chi connectivity index (χ0) is 13.2. The average molecular weight is 260 g/mol. The van der Waals surface area contributed by atoms with Crippen molar-refractivity contribution in [2.45, 2.75) is 32.9 Å². The lowest BCUT2D eigenvalue weighted by Crippen LogP contribution is -2.63. The molecule has 3 unspecified atom stereocenters. The third-order valence-electron chi connectivity index (χ3n) is 2.85. The molecule has 98 valence electrons. The Labute approximate surface area is 104 Å². The first-order valence-corrected chi connectivity index (χ1v) is 7.46. The summed E-state index contributed by atoms with van der Waals surface area (Å²) < 4.78 is 11.2. The molecule has 1 heterocycles. The number of piperazine rings is 1. The zero-order valence-corrected chi connectivity index (χ0v) is 11.5. The zero-order valence-electron chi connectivity index (χ0n) is 10.7. The molecule has 1 fully saturated rings. The van der Waals surface area contributed by atoms with Crippen LogP contribution in [0.15, 0.2) is 0 Å². The SMILES string of the molecule is CC(C)C1C(=O)NCC(=O)N1C(C)CS(C)=O. The van der Waals surface area contributed by atoms with E-state index in [0.717, 1.165) is 0 Å². The Morgan fingerprint density at radius 2 is 2.00 bits per heavy atom. The first kappa shape index (κ1) is 14.2. The highest BCUT2D eigenvalue weighted by molar-refractivity contribution is 7.84. The van der Waals surface area contributed by atoms with Crippen molar-refractivity contribution in [1.82, 2.24) is 10.2 Å². The Kier molecular flexibility index (Phi) is 4.68. The summed E-state index contributed by atoms with van der Waals surface area (Å²) in [5, 5.41) is 2.60. The van der Waals surface area contributed by atoms with Crippen molar-refractivity contribution in [3.63, 3.8) is 0 Å². The molecule has 0 aromatic heterocycles. The van der Waals surface area contributed by atoms with E-state index < -0.39 is 16.8 Å². The molecule has 0 radical (unpaired) electrons. The Hall–Kier alpha value is -0.910. The summed E-state index contributed by atoms with van der Waals surface area (Å²) in [6.07, 6.45) is 1.61. The van der Waals surface area contributed by atoms with Crippen molar-refractivity contribution >= 4 is 22.6 Å². The lowest BCUT2D eigenvalue weighted by atomic mass is 9.98. The predicted molar refractivity (Wildman–Crippen MR) is 66.9 cm³/mol. The van der Waals surface area contributed by atoms with Crippen LogP contribution < -0.4 is 5.32 Å². The van der Waals surface area contributed by atoms with Gasteiger partial charge in [-0.25, -0.2) is 0 Å². The maximum Gasteiger partial charge on any atom is 0.243 e. The van der Waals surface area contributed by atoms with E-state index in [2.05, 4.69) is 5.32 Å². The van der Waals surface area contributed by atoms with E-state index in [-0.39, 0.29) is 30.3 Å².